The Labute approximate surface area is 167 Å². The van der Waals surface area contributed by atoms with E-state index in [1.54, 1.807) is 0 Å². The molecule has 1 aromatic carbocycles. The van der Waals surface area contributed by atoms with Gasteiger partial charge in [0.25, 0.3) is 0 Å². The first-order valence-electron chi connectivity index (χ1n) is 10.5. The van der Waals surface area contributed by atoms with Gasteiger partial charge in [-0.15, -0.1) is 0 Å². The van der Waals surface area contributed by atoms with Crippen molar-refractivity contribution in [3.8, 4) is 11.3 Å². The second-order valence-electron chi connectivity index (χ2n) is 7.65. The topological polar surface area (TPSA) is 90.0 Å². The van der Waals surface area contributed by atoms with E-state index in [1.165, 1.54) is 37.8 Å². The van der Waals surface area contributed by atoms with Gasteiger partial charge in [-0.2, -0.15) is 5.10 Å². The first kappa shape index (κ1) is 20.6. The number of aromatic amines is 1. The van der Waals surface area contributed by atoms with Gasteiger partial charge in [-0.25, -0.2) is 0 Å². The van der Waals surface area contributed by atoms with Gasteiger partial charge in [0.15, 0.2) is 0 Å². The molecule has 0 spiro atoms. The Morgan fingerprint density at radius 1 is 1.21 bits per heavy atom. The van der Waals surface area contributed by atoms with E-state index in [4.69, 9.17) is 0 Å². The Morgan fingerprint density at radius 3 is 2.71 bits per heavy atom. The number of hydrogen-bond donors (Lipinski definition) is 4. The van der Waals surface area contributed by atoms with Crippen LogP contribution in [0.2, 0.25) is 0 Å². The molecular formula is C22H32N4O2. The fourth-order valence-electron chi connectivity index (χ4n) is 3.61. The fourth-order valence-corrected chi connectivity index (χ4v) is 3.61. The molecule has 0 saturated carbocycles. The average Bonchev–Trinajstić information content (AvgIpc) is 3.35. The summed E-state index contributed by atoms with van der Waals surface area (Å²) >= 11 is 0. The van der Waals surface area contributed by atoms with Crippen molar-refractivity contribution in [3.63, 3.8) is 0 Å². The zero-order valence-corrected chi connectivity index (χ0v) is 16.7. The van der Waals surface area contributed by atoms with E-state index in [-0.39, 0.29) is 5.91 Å². The number of benzene rings is 1. The second kappa shape index (κ2) is 10.4. The molecule has 0 aliphatic carbocycles. The van der Waals surface area contributed by atoms with Crippen LogP contribution in [0.5, 0.6) is 0 Å². The first-order chi connectivity index (χ1) is 13.7. The lowest BCUT2D eigenvalue weighted by Crippen LogP contribution is -2.45. The molecule has 1 aliphatic rings. The summed E-state index contributed by atoms with van der Waals surface area (Å²) in [7, 11) is 0. The van der Waals surface area contributed by atoms with E-state index in [9.17, 15) is 9.90 Å². The molecule has 1 saturated heterocycles. The third-order valence-electron chi connectivity index (χ3n) is 5.37. The van der Waals surface area contributed by atoms with E-state index < -0.39 is 12.1 Å². The SMILES string of the molecule is CCCCCCCc1cc(-c2ccc(CNC(=O)[C@H]3NCC[C@@H]3O)cc2)n[nH]1. The van der Waals surface area contributed by atoms with Crippen LogP contribution in [0.15, 0.2) is 30.3 Å². The summed E-state index contributed by atoms with van der Waals surface area (Å²) in [5.74, 6) is -0.148. The number of aryl methyl sites for hydroxylation is 1. The summed E-state index contributed by atoms with van der Waals surface area (Å²) in [5.41, 5.74) is 4.23. The molecule has 3 rings (SSSR count). The number of amides is 1. The second-order valence-corrected chi connectivity index (χ2v) is 7.65. The predicted octanol–water partition coefficient (Wildman–Crippen LogP) is 2.93. The molecule has 2 aromatic rings. The van der Waals surface area contributed by atoms with Gasteiger partial charge in [-0.1, -0.05) is 56.9 Å². The van der Waals surface area contributed by atoms with Crippen LogP contribution in [0.25, 0.3) is 11.3 Å². The average molecular weight is 385 g/mol. The number of rotatable bonds is 10. The van der Waals surface area contributed by atoms with E-state index in [0.29, 0.717) is 19.5 Å². The van der Waals surface area contributed by atoms with E-state index in [1.807, 2.05) is 24.3 Å². The summed E-state index contributed by atoms with van der Waals surface area (Å²) in [5, 5.41) is 23.3. The van der Waals surface area contributed by atoms with Crippen LogP contribution in [-0.4, -0.2) is 39.9 Å². The summed E-state index contributed by atoms with van der Waals surface area (Å²) in [6.07, 6.45) is 7.44. The number of unbranched alkanes of at least 4 members (excludes halogenated alkanes) is 4. The Kier molecular flexibility index (Phi) is 7.62. The third-order valence-corrected chi connectivity index (χ3v) is 5.37. The van der Waals surface area contributed by atoms with Crippen molar-refractivity contribution in [1.29, 1.82) is 0 Å². The lowest BCUT2D eigenvalue weighted by Gasteiger charge is -2.14. The zero-order chi connectivity index (χ0) is 19.8. The van der Waals surface area contributed by atoms with Gasteiger partial charge in [0, 0.05) is 17.8 Å². The maximum Gasteiger partial charge on any atom is 0.240 e. The van der Waals surface area contributed by atoms with Crippen LogP contribution in [0.3, 0.4) is 0 Å². The Morgan fingerprint density at radius 2 is 2.00 bits per heavy atom. The van der Waals surface area contributed by atoms with Crippen LogP contribution in [0.1, 0.15) is 56.7 Å². The van der Waals surface area contributed by atoms with Gasteiger partial charge in [0.1, 0.15) is 6.04 Å². The number of aliphatic hydroxyl groups is 1. The molecule has 1 fully saturated rings. The van der Waals surface area contributed by atoms with Crippen LogP contribution in [-0.2, 0) is 17.8 Å². The van der Waals surface area contributed by atoms with Crippen LogP contribution >= 0.6 is 0 Å². The largest absolute Gasteiger partial charge is 0.391 e. The van der Waals surface area contributed by atoms with Crippen molar-refractivity contribution >= 4 is 5.91 Å². The smallest absolute Gasteiger partial charge is 0.240 e. The Bertz CT molecular complexity index is 741. The lowest BCUT2D eigenvalue weighted by atomic mass is 10.1. The van der Waals surface area contributed by atoms with Crippen molar-refractivity contribution in [2.45, 2.75) is 70.6 Å². The summed E-state index contributed by atoms with van der Waals surface area (Å²) in [6, 6.07) is 9.71. The molecular weight excluding hydrogens is 352 g/mol. The molecule has 0 bridgehead atoms. The Balaban J connectivity index is 1.47. The minimum atomic E-state index is -0.595. The van der Waals surface area contributed by atoms with Gasteiger partial charge < -0.3 is 15.7 Å². The number of H-pyrrole nitrogens is 1. The quantitative estimate of drug-likeness (QED) is 0.474. The fraction of sp³-hybridized carbons (Fsp3) is 0.545. The number of carbonyl (C=O) groups excluding carboxylic acids is 1. The van der Waals surface area contributed by atoms with Crippen molar-refractivity contribution < 1.29 is 9.90 Å². The minimum Gasteiger partial charge on any atom is -0.391 e. The Hall–Kier alpha value is -2.18. The van der Waals surface area contributed by atoms with Gasteiger partial charge in [-0.05, 0) is 37.4 Å². The monoisotopic (exact) mass is 384 g/mol. The van der Waals surface area contributed by atoms with Gasteiger partial charge in [0.05, 0.1) is 11.8 Å². The first-order valence-corrected chi connectivity index (χ1v) is 10.5. The summed E-state index contributed by atoms with van der Waals surface area (Å²) in [4.78, 5) is 12.1. The number of carbonyl (C=O) groups is 1. The highest BCUT2D eigenvalue weighted by atomic mass is 16.3. The molecule has 152 valence electrons. The standard InChI is InChI=1S/C22H32N4O2/c1-2-3-4-5-6-7-18-14-19(26-25-18)17-10-8-16(9-11-17)15-24-22(28)21-20(27)12-13-23-21/h8-11,14,20-21,23,27H,2-7,12-13,15H2,1H3,(H,24,28)(H,25,26)/t20-,21-/m0/s1. The molecule has 6 heteroatoms. The van der Waals surface area contributed by atoms with E-state index in [2.05, 4.69) is 33.8 Å². The molecule has 2 atom stereocenters. The van der Waals surface area contributed by atoms with Gasteiger partial charge in [-0.3, -0.25) is 9.89 Å². The molecule has 1 amide bonds. The maximum absolute atomic E-state index is 12.1. The highest BCUT2D eigenvalue weighted by Gasteiger charge is 2.30. The number of hydrogen-bond acceptors (Lipinski definition) is 4. The third kappa shape index (κ3) is 5.66. The van der Waals surface area contributed by atoms with Crippen molar-refractivity contribution in [3.05, 3.63) is 41.6 Å². The van der Waals surface area contributed by atoms with Crippen molar-refractivity contribution in [2.75, 3.05) is 6.54 Å². The van der Waals surface area contributed by atoms with Crippen molar-refractivity contribution in [2.24, 2.45) is 0 Å². The highest BCUT2D eigenvalue weighted by molar-refractivity contribution is 5.82. The number of nitrogens with one attached hydrogen (secondary N) is 3. The molecule has 1 aliphatic heterocycles. The maximum atomic E-state index is 12.1. The number of aromatic nitrogens is 2. The lowest BCUT2D eigenvalue weighted by molar-refractivity contribution is -0.124. The normalized spacial score (nSPS) is 19.1. The van der Waals surface area contributed by atoms with E-state index >= 15 is 0 Å². The summed E-state index contributed by atoms with van der Waals surface area (Å²) < 4.78 is 0. The molecule has 2 heterocycles. The molecule has 6 nitrogen and oxygen atoms in total. The van der Waals surface area contributed by atoms with Crippen LogP contribution in [0.4, 0.5) is 0 Å². The number of nitrogens with zero attached hydrogens (tertiary/aromatic N) is 1. The molecule has 1 aromatic heterocycles. The van der Waals surface area contributed by atoms with Gasteiger partial charge >= 0.3 is 0 Å². The van der Waals surface area contributed by atoms with Crippen molar-refractivity contribution in [1.82, 2.24) is 20.8 Å². The summed E-state index contributed by atoms with van der Waals surface area (Å²) in [6.45, 7) is 3.36. The highest BCUT2D eigenvalue weighted by Crippen LogP contribution is 2.19. The van der Waals surface area contributed by atoms with Gasteiger partial charge in [0.2, 0.25) is 5.91 Å². The molecule has 0 unspecified atom stereocenters. The van der Waals surface area contributed by atoms with Crippen LogP contribution in [0, 0.1) is 0 Å². The number of aliphatic hydroxyl groups excluding tert-OH is 1. The predicted molar refractivity (Wildman–Crippen MR) is 111 cm³/mol. The van der Waals surface area contributed by atoms with E-state index in [0.717, 1.165) is 23.2 Å². The molecule has 0 radical (unpaired) electrons. The minimum absolute atomic E-state index is 0.148. The molecule has 28 heavy (non-hydrogen) atoms. The van der Waals surface area contributed by atoms with Crippen LogP contribution < -0.4 is 10.6 Å². The zero-order valence-electron chi connectivity index (χ0n) is 16.7. The molecule has 4 N–H and O–H groups in total.